The molecule has 1 aromatic rings. The highest BCUT2D eigenvalue weighted by atomic mass is 16.5. The molecule has 1 amide bonds. The summed E-state index contributed by atoms with van der Waals surface area (Å²) in [7, 11) is 3.44. The summed E-state index contributed by atoms with van der Waals surface area (Å²) >= 11 is 0. The maximum Gasteiger partial charge on any atom is 0.222 e. The van der Waals surface area contributed by atoms with E-state index in [1.54, 1.807) is 19.1 Å². The highest BCUT2D eigenvalue weighted by molar-refractivity contribution is 5.76. The molecule has 1 aromatic carbocycles. The number of carbonyl (C=O) groups excluding carboxylic acids is 1. The van der Waals surface area contributed by atoms with E-state index in [9.17, 15) is 4.79 Å². The van der Waals surface area contributed by atoms with Crippen molar-refractivity contribution in [3.8, 4) is 5.75 Å². The Labute approximate surface area is 109 Å². The molecule has 1 atom stereocenters. The molecule has 0 heterocycles. The number of methoxy groups -OCH3 is 1. The Morgan fingerprint density at radius 3 is 2.83 bits per heavy atom. The SMILES string of the molecule is COc1cccc(CCC(=O)N(C)C(C)CN)c1. The van der Waals surface area contributed by atoms with Gasteiger partial charge < -0.3 is 15.4 Å². The summed E-state index contributed by atoms with van der Waals surface area (Å²) in [6.45, 7) is 2.44. The van der Waals surface area contributed by atoms with Crippen molar-refractivity contribution in [1.29, 1.82) is 0 Å². The van der Waals surface area contributed by atoms with E-state index in [-0.39, 0.29) is 11.9 Å². The molecule has 0 saturated heterocycles. The first-order chi connectivity index (χ1) is 8.58. The van der Waals surface area contributed by atoms with Crippen molar-refractivity contribution in [2.24, 2.45) is 5.73 Å². The van der Waals surface area contributed by atoms with Crippen molar-refractivity contribution in [1.82, 2.24) is 4.90 Å². The van der Waals surface area contributed by atoms with Crippen LogP contribution in [0.2, 0.25) is 0 Å². The molecule has 0 radical (unpaired) electrons. The maximum atomic E-state index is 11.9. The van der Waals surface area contributed by atoms with Crippen molar-refractivity contribution in [2.75, 3.05) is 20.7 Å². The maximum absolute atomic E-state index is 11.9. The predicted octanol–water partition coefficient (Wildman–Crippen LogP) is 1.43. The summed E-state index contributed by atoms with van der Waals surface area (Å²) < 4.78 is 5.15. The van der Waals surface area contributed by atoms with E-state index in [1.165, 1.54) is 0 Å². The number of amides is 1. The summed E-state index contributed by atoms with van der Waals surface area (Å²) in [5.74, 6) is 0.944. The van der Waals surface area contributed by atoms with Gasteiger partial charge in [0.2, 0.25) is 5.91 Å². The molecule has 0 bridgehead atoms. The zero-order valence-corrected chi connectivity index (χ0v) is 11.3. The van der Waals surface area contributed by atoms with Crippen molar-refractivity contribution < 1.29 is 9.53 Å². The quantitative estimate of drug-likeness (QED) is 0.831. The zero-order valence-electron chi connectivity index (χ0n) is 11.3. The van der Waals surface area contributed by atoms with Gasteiger partial charge in [0, 0.05) is 26.1 Å². The third kappa shape index (κ3) is 4.04. The van der Waals surface area contributed by atoms with Gasteiger partial charge in [0.25, 0.3) is 0 Å². The number of aryl methyl sites for hydroxylation is 1. The topological polar surface area (TPSA) is 55.6 Å². The summed E-state index contributed by atoms with van der Waals surface area (Å²) in [6.07, 6.45) is 1.21. The van der Waals surface area contributed by atoms with Crippen molar-refractivity contribution in [2.45, 2.75) is 25.8 Å². The van der Waals surface area contributed by atoms with Crippen LogP contribution < -0.4 is 10.5 Å². The smallest absolute Gasteiger partial charge is 0.222 e. The van der Waals surface area contributed by atoms with E-state index in [0.29, 0.717) is 13.0 Å². The van der Waals surface area contributed by atoms with Gasteiger partial charge >= 0.3 is 0 Å². The first-order valence-corrected chi connectivity index (χ1v) is 6.17. The van der Waals surface area contributed by atoms with Crippen LogP contribution in [-0.4, -0.2) is 37.6 Å². The third-order valence-corrected chi connectivity index (χ3v) is 3.16. The molecule has 0 aliphatic carbocycles. The van der Waals surface area contributed by atoms with Crippen molar-refractivity contribution in [3.63, 3.8) is 0 Å². The van der Waals surface area contributed by atoms with Gasteiger partial charge in [0.1, 0.15) is 5.75 Å². The van der Waals surface area contributed by atoms with Crippen LogP contribution in [0.1, 0.15) is 18.9 Å². The van der Waals surface area contributed by atoms with Gasteiger partial charge in [-0.3, -0.25) is 4.79 Å². The molecule has 18 heavy (non-hydrogen) atoms. The minimum Gasteiger partial charge on any atom is -0.497 e. The minimum absolute atomic E-state index is 0.0859. The zero-order chi connectivity index (χ0) is 13.5. The van der Waals surface area contributed by atoms with Crippen LogP contribution in [0.3, 0.4) is 0 Å². The highest BCUT2D eigenvalue weighted by Gasteiger charge is 2.13. The van der Waals surface area contributed by atoms with Gasteiger partial charge in [-0.2, -0.15) is 0 Å². The van der Waals surface area contributed by atoms with Gasteiger partial charge in [-0.1, -0.05) is 12.1 Å². The van der Waals surface area contributed by atoms with Gasteiger partial charge in [0.05, 0.1) is 7.11 Å². The number of likely N-dealkylation sites (N-methyl/N-ethyl adjacent to an activating group) is 1. The molecule has 0 fully saturated rings. The van der Waals surface area contributed by atoms with E-state index >= 15 is 0 Å². The average Bonchev–Trinajstić information content (AvgIpc) is 2.43. The molecule has 4 heteroatoms. The normalized spacial score (nSPS) is 12.0. The Morgan fingerprint density at radius 2 is 2.22 bits per heavy atom. The number of rotatable bonds is 6. The molecule has 0 saturated carbocycles. The van der Waals surface area contributed by atoms with Gasteiger partial charge in [-0.15, -0.1) is 0 Å². The van der Waals surface area contributed by atoms with Crippen LogP contribution in [0.15, 0.2) is 24.3 Å². The lowest BCUT2D eigenvalue weighted by Crippen LogP contribution is -2.39. The number of nitrogens with zero attached hydrogens (tertiary/aromatic N) is 1. The van der Waals surface area contributed by atoms with Gasteiger partial charge in [-0.25, -0.2) is 0 Å². The molecule has 1 unspecified atom stereocenters. The van der Waals surface area contributed by atoms with Gasteiger partial charge in [-0.05, 0) is 31.0 Å². The molecule has 2 N–H and O–H groups in total. The molecule has 1 rings (SSSR count). The third-order valence-electron chi connectivity index (χ3n) is 3.16. The Kier molecular flexibility index (Phi) is 5.65. The van der Waals surface area contributed by atoms with Crippen molar-refractivity contribution in [3.05, 3.63) is 29.8 Å². The summed E-state index contributed by atoms with van der Waals surface area (Å²) in [6, 6.07) is 7.88. The fraction of sp³-hybridized carbons (Fsp3) is 0.500. The number of hydrogen-bond acceptors (Lipinski definition) is 3. The minimum atomic E-state index is 0.0859. The molecule has 0 aliphatic heterocycles. The van der Waals surface area contributed by atoms with Crippen molar-refractivity contribution >= 4 is 5.91 Å². The predicted molar refractivity (Wildman–Crippen MR) is 72.6 cm³/mol. The largest absolute Gasteiger partial charge is 0.497 e. The molecular formula is C14H22N2O2. The number of ether oxygens (including phenoxy) is 1. The van der Waals surface area contributed by atoms with E-state index in [2.05, 4.69) is 0 Å². The average molecular weight is 250 g/mol. The van der Waals surface area contributed by atoms with Crippen LogP contribution in [0.4, 0.5) is 0 Å². The molecule has 0 aromatic heterocycles. The lowest BCUT2D eigenvalue weighted by molar-refractivity contribution is -0.131. The molecular weight excluding hydrogens is 228 g/mol. The summed E-state index contributed by atoms with van der Waals surface area (Å²) in [5.41, 5.74) is 6.65. The molecule has 0 spiro atoms. The summed E-state index contributed by atoms with van der Waals surface area (Å²) in [5, 5.41) is 0. The van der Waals surface area contributed by atoms with Crippen LogP contribution in [0, 0.1) is 0 Å². The first kappa shape index (κ1) is 14.5. The standard InChI is InChI=1S/C14H22N2O2/c1-11(10-15)16(2)14(17)8-7-12-5-4-6-13(9-12)18-3/h4-6,9,11H,7-8,10,15H2,1-3H3. The second-order valence-corrected chi connectivity index (χ2v) is 4.44. The summed E-state index contributed by atoms with van der Waals surface area (Å²) in [4.78, 5) is 13.6. The number of nitrogens with two attached hydrogens (primary N) is 1. The molecule has 0 aliphatic rings. The fourth-order valence-corrected chi connectivity index (χ4v) is 1.66. The van der Waals surface area contributed by atoms with E-state index in [0.717, 1.165) is 17.7 Å². The van der Waals surface area contributed by atoms with Crippen LogP contribution >= 0.6 is 0 Å². The van der Waals surface area contributed by atoms with E-state index < -0.39 is 0 Å². The van der Waals surface area contributed by atoms with E-state index in [4.69, 9.17) is 10.5 Å². The monoisotopic (exact) mass is 250 g/mol. The Morgan fingerprint density at radius 1 is 1.50 bits per heavy atom. The second-order valence-electron chi connectivity index (χ2n) is 4.44. The molecule has 4 nitrogen and oxygen atoms in total. The first-order valence-electron chi connectivity index (χ1n) is 6.17. The number of benzene rings is 1. The highest BCUT2D eigenvalue weighted by Crippen LogP contribution is 2.14. The van der Waals surface area contributed by atoms with E-state index in [1.807, 2.05) is 31.2 Å². The van der Waals surface area contributed by atoms with Gasteiger partial charge in [0.15, 0.2) is 0 Å². The lowest BCUT2D eigenvalue weighted by atomic mass is 10.1. The lowest BCUT2D eigenvalue weighted by Gasteiger charge is -2.23. The molecule has 100 valence electrons. The Balaban J connectivity index is 2.51. The van der Waals surface area contributed by atoms with Crippen LogP contribution in [0.25, 0.3) is 0 Å². The van der Waals surface area contributed by atoms with Crippen LogP contribution in [0.5, 0.6) is 5.75 Å². The Hall–Kier alpha value is -1.55. The number of hydrogen-bond donors (Lipinski definition) is 1. The fourth-order valence-electron chi connectivity index (χ4n) is 1.66. The second kappa shape index (κ2) is 7.01. The van der Waals surface area contributed by atoms with Crippen LogP contribution in [-0.2, 0) is 11.2 Å². The number of carbonyl (C=O) groups is 1. The Bertz CT molecular complexity index is 393.